The summed E-state index contributed by atoms with van der Waals surface area (Å²) in [6, 6.07) is 6.60. The number of carbonyl (C=O) groups excluding carboxylic acids is 1. The van der Waals surface area contributed by atoms with E-state index in [9.17, 15) is 9.18 Å². The number of ether oxygens (including phenoxy) is 1. The number of hydrogen-bond donors (Lipinski definition) is 0. The molecule has 0 unspecified atom stereocenters. The molecular formula is C20H21FN2O3. The van der Waals surface area contributed by atoms with E-state index in [1.807, 2.05) is 6.07 Å². The fourth-order valence-corrected chi connectivity index (χ4v) is 3.72. The van der Waals surface area contributed by atoms with Gasteiger partial charge in [-0.25, -0.2) is 4.39 Å². The van der Waals surface area contributed by atoms with E-state index in [0.29, 0.717) is 42.3 Å². The minimum absolute atomic E-state index is 0.140. The molecule has 1 spiro atoms. The molecule has 2 aromatic rings. The molecule has 2 aliphatic rings. The standard InChI is InChI=1S/C20H21FN2O3/c1-13(2)18-12-16(22-26-18)19(24)23-10-8-20(9-11-23)7-6-14-15(21)4-3-5-17(14)25-20/h3-5,12H,1,6-11H2,2H3. The number of benzene rings is 1. The van der Waals surface area contributed by atoms with Crippen molar-refractivity contribution in [3.05, 3.63) is 53.7 Å². The van der Waals surface area contributed by atoms with Crippen molar-refractivity contribution in [1.29, 1.82) is 0 Å². The highest BCUT2D eigenvalue weighted by molar-refractivity contribution is 5.92. The van der Waals surface area contributed by atoms with Crippen LogP contribution in [-0.4, -0.2) is 34.7 Å². The van der Waals surface area contributed by atoms with Gasteiger partial charge in [-0.3, -0.25) is 4.79 Å². The van der Waals surface area contributed by atoms with Gasteiger partial charge in [0.2, 0.25) is 0 Å². The third kappa shape index (κ3) is 2.89. The highest BCUT2D eigenvalue weighted by Crippen LogP contribution is 2.40. The number of hydrogen-bond acceptors (Lipinski definition) is 4. The number of carbonyl (C=O) groups is 1. The first-order chi connectivity index (χ1) is 12.5. The molecule has 6 heteroatoms. The van der Waals surface area contributed by atoms with Gasteiger partial charge >= 0.3 is 0 Å². The number of likely N-dealkylation sites (tertiary alicyclic amines) is 1. The Morgan fingerprint density at radius 3 is 2.77 bits per heavy atom. The average molecular weight is 356 g/mol. The fraction of sp³-hybridized carbons (Fsp3) is 0.400. The summed E-state index contributed by atoms with van der Waals surface area (Å²) in [5.74, 6) is 0.817. The zero-order valence-corrected chi connectivity index (χ0v) is 14.8. The molecule has 4 rings (SSSR count). The molecule has 26 heavy (non-hydrogen) atoms. The molecule has 0 N–H and O–H groups in total. The van der Waals surface area contributed by atoms with Crippen LogP contribution < -0.4 is 4.74 Å². The Morgan fingerprint density at radius 2 is 2.08 bits per heavy atom. The van der Waals surface area contributed by atoms with Crippen LogP contribution in [-0.2, 0) is 6.42 Å². The lowest BCUT2D eigenvalue weighted by molar-refractivity contribution is -0.0115. The monoisotopic (exact) mass is 356 g/mol. The Hall–Kier alpha value is -2.63. The number of halogens is 1. The zero-order chi connectivity index (χ0) is 18.3. The molecule has 0 aliphatic carbocycles. The van der Waals surface area contributed by atoms with Gasteiger partial charge in [0.25, 0.3) is 5.91 Å². The summed E-state index contributed by atoms with van der Waals surface area (Å²) >= 11 is 0. The van der Waals surface area contributed by atoms with Gasteiger partial charge < -0.3 is 14.2 Å². The molecule has 1 aromatic heterocycles. The summed E-state index contributed by atoms with van der Waals surface area (Å²) in [7, 11) is 0. The maximum absolute atomic E-state index is 13.9. The van der Waals surface area contributed by atoms with Crippen LogP contribution in [0.25, 0.3) is 5.57 Å². The maximum Gasteiger partial charge on any atom is 0.276 e. The van der Waals surface area contributed by atoms with Crippen molar-refractivity contribution in [2.24, 2.45) is 0 Å². The van der Waals surface area contributed by atoms with E-state index in [0.717, 1.165) is 24.8 Å². The number of aromatic nitrogens is 1. The Bertz CT molecular complexity index is 866. The quantitative estimate of drug-likeness (QED) is 0.820. The SMILES string of the molecule is C=C(C)c1cc(C(=O)N2CCC3(CCc4c(F)cccc4O3)CC2)no1. The molecule has 5 nitrogen and oxygen atoms in total. The minimum Gasteiger partial charge on any atom is -0.487 e. The fourth-order valence-electron chi connectivity index (χ4n) is 3.72. The highest BCUT2D eigenvalue weighted by Gasteiger charge is 2.41. The zero-order valence-electron chi connectivity index (χ0n) is 14.8. The van der Waals surface area contributed by atoms with Gasteiger partial charge in [0, 0.05) is 37.6 Å². The molecule has 0 radical (unpaired) electrons. The van der Waals surface area contributed by atoms with Gasteiger partial charge in [-0.05, 0) is 37.5 Å². The second-order valence-corrected chi connectivity index (χ2v) is 7.15. The maximum atomic E-state index is 13.9. The van der Waals surface area contributed by atoms with Gasteiger partial charge in [-0.1, -0.05) is 17.8 Å². The van der Waals surface area contributed by atoms with Crippen LogP contribution in [0, 0.1) is 5.82 Å². The molecule has 1 amide bonds. The van der Waals surface area contributed by atoms with Crippen molar-refractivity contribution < 1.29 is 18.4 Å². The highest BCUT2D eigenvalue weighted by atomic mass is 19.1. The topological polar surface area (TPSA) is 55.6 Å². The van der Waals surface area contributed by atoms with Gasteiger partial charge in [0.1, 0.15) is 17.2 Å². The van der Waals surface area contributed by atoms with E-state index in [1.165, 1.54) is 6.07 Å². The summed E-state index contributed by atoms with van der Waals surface area (Å²) < 4.78 is 25.2. The van der Waals surface area contributed by atoms with E-state index in [2.05, 4.69) is 11.7 Å². The Balaban J connectivity index is 1.44. The van der Waals surface area contributed by atoms with Crippen molar-refractivity contribution in [2.45, 2.75) is 38.2 Å². The predicted octanol–water partition coefficient (Wildman–Crippen LogP) is 3.85. The van der Waals surface area contributed by atoms with Crippen molar-refractivity contribution in [3.63, 3.8) is 0 Å². The number of piperidine rings is 1. The lowest BCUT2D eigenvalue weighted by Gasteiger charge is -2.44. The summed E-state index contributed by atoms with van der Waals surface area (Å²) in [4.78, 5) is 14.4. The van der Waals surface area contributed by atoms with Crippen LogP contribution >= 0.6 is 0 Å². The molecule has 1 aromatic carbocycles. The summed E-state index contributed by atoms with van der Waals surface area (Å²) in [5.41, 5.74) is 1.38. The first-order valence-corrected chi connectivity index (χ1v) is 8.86. The van der Waals surface area contributed by atoms with Crippen LogP contribution in [0.1, 0.15) is 48.0 Å². The number of nitrogens with zero attached hydrogens (tertiary/aromatic N) is 2. The van der Waals surface area contributed by atoms with Gasteiger partial charge in [-0.2, -0.15) is 0 Å². The lowest BCUT2D eigenvalue weighted by Crippen LogP contribution is -2.51. The van der Waals surface area contributed by atoms with Crippen molar-refractivity contribution in [2.75, 3.05) is 13.1 Å². The summed E-state index contributed by atoms with van der Waals surface area (Å²) in [5, 5.41) is 3.86. The molecule has 1 saturated heterocycles. The smallest absolute Gasteiger partial charge is 0.276 e. The van der Waals surface area contributed by atoms with E-state index >= 15 is 0 Å². The molecule has 0 atom stereocenters. The van der Waals surface area contributed by atoms with Crippen LogP contribution in [0.4, 0.5) is 4.39 Å². The molecule has 0 bridgehead atoms. The Labute approximate surface area is 151 Å². The van der Waals surface area contributed by atoms with E-state index in [1.54, 1.807) is 24.0 Å². The van der Waals surface area contributed by atoms with Crippen LogP contribution in [0.5, 0.6) is 5.75 Å². The normalized spacial score (nSPS) is 18.3. The predicted molar refractivity (Wildman–Crippen MR) is 94.4 cm³/mol. The second-order valence-electron chi connectivity index (χ2n) is 7.15. The second kappa shape index (κ2) is 6.27. The molecule has 0 saturated carbocycles. The first kappa shape index (κ1) is 16.8. The average Bonchev–Trinajstić information content (AvgIpc) is 3.12. The number of allylic oxidation sites excluding steroid dienone is 1. The Morgan fingerprint density at radius 1 is 1.31 bits per heavy atom. The third-order valence-electron chi connectivity index (χ3n) is 5.34. The number of rotatable bonds is 2. The summed E-state index contributed by atoms with van der Waals surface area (Å²) in [6.07, 6.45) is 2.88. The summed E-state index contributed by atoms with van der Waals surface area (Å²) in [6.45, 7) is 6.76. The van der Waals surface area contributed by atoms with Gasteiger partial charge in [-0.15, -0.1) is 0 Å². The number of fused-ring (bicyclic) bond motifs is 1. The first-order valence-electron chi connectivity index (χ1n) is 8.86. The van der Waals surface area contributed by atoms with Crippen LogP contribution in [0.2, 0.25) is 0 Å². The minimum atomic E-state index is -0.315. The van der Waals surface area contributed by atoms with Gasteiger partial charge in [0.05, 0.1) is 0 Å². The van der Waals surface area contributed by atoms with Crippen molar-refractivity contribution in [3.8, 4) is 5.75 Å². The van der Waals surface area contributed by atoms with Crippen LogP contribution in [0.3, 0.4) is 0 Å². The molecular weight excluding hydrogens is 335 g/mol. The molecule has 3 heterocycles. The molecule has 2 aliphatic heterocycles. The largest absolute Gasteiger partial charge is 0.487 e. The van der Waals surface area contributed by atoms with Crippen molar-refractivity contribution in [1.82, 2.24) is 10.1 Å². The van der Waals surface area contributed by atoms with E-state index in [4.69, 9.17) is 9.26 Å². The lowest BCUT2D eigenvalue weighted by atomic mass is 9.83. The van der Waals surface area contributed by atoms with E-state index in [-0.39, 0.29) is 17.3 Å². The third-order valence-corrected chi connectivity index (χ3v) is 5.34. The van der Waals surface area contributed by atoms with E-state index < -0.39 is 0 Å². The van der Waals surface area contributed by atoms with Crippen LogP contribution in [0.15, 0.2) is 35.4 Å². The molecule has 136 valence electrons. The number of amides is 1. The molecule has 1 fully saturated rings. The van der Waals surface area contributed by atoms with Gasteiger partial charge in [0.15, 0.2) is 11.5 Å². The van der Waals surface area contributed by atoms with Crippen molar-refractivity contribution >= 4 is 11.5 Å². The Kier molecular flexibility index (Phi) is 4.05.